The first kappa shape index (κ1) is 11.8. The Balaban J connectivity index is 2.59. The van der Waals surface area contributed by atoms with Gasteiger partial charge in [-0.15, -0.1) is 0 Å². The van der Waals surface area contributed by atoms with Gasteiger partial charge in [-0.25, -0.2) is 9.69 Å². The molecule has 1 aliphatic rings. The van der Waals surface area contributed by atoms with Gasteiger partial charge < -0.3 is 0 Å². The van der Waals surface area contributed by atoms with Crippen molar-refractivity contribution < 1.29 is 14.4 Å². The second-order valence-corrected chi connectivity index (χ2v) is 4.67. The van der Waals surface area contributed by atoms with Crippen LogP contribution in [0.25, 0.3) is 0 Å². The SMILES string of the molecule is Cc1cc(C)c(N2C(=O)NC(=O)C2=O)c(Br)c1. The Bertz CT molecular complexity index is 531. The Morgan fingerprint density at radius 2 is 1.82 bits per heavy atom. The van der Waals surface area contributed by atoms with Gasteiger partial charge in [-0.05, 0) is 47.0 Å². The Kier molecular flexibility index (Phi) is 2.74. The number of urea groups is 1. The summed E-state index contributed by atoms with van der Waals surface area (Å²) >= 11 is 3.30. The van der Waals surface area contributed by atoms with Crippen LogP contribution in [0.15, 0.2) is 16.6 Å². The van der Waals surface area contributed by atoms with E-state index in [2.05, 4.69) is 15.9 Å². The van der Waals surface area contributed by atoms with Crippen molar-refractivity contribution >= 4 is 39.5 Å². The maximum Gasteiger partial charge on any atom is 0.336 e. The summed E-state index contributed by atoms with van der Waals surface area (Å²) in [7, 11) is 0. The van der Waals surface area contributed by atoms with Crippen molar-refractivity contribution in [3.63, 3.8) is 0 Å². The van der Waals surface area contributed by atoms with Gasteiger partial charge in [0.25, 0.3) is 0 Å². The summed E-state index contributed by atoms with van der Waals surface area (Å²) in [5.74, 6) is -1.76. The van der Waals surface area contributed by atoms with Crippen LogP contribution in [0.5, 0.6) is 0 Å². The van der Waals surface area contributed by atoms with Crippen LogP contribution >= 0.6 is 15.9 Å². The second kappa shape index (κ2) is 3.96. The predicted octanol–water partition coefficient (Wildman–Crippen LogP) is 1.65. The Labute approximate surface area is 106 Å². The molecule has 0 radical (unpaired) electrons. The molecule has 4 amide bonds. The number of anilines is 1. The molecule has 6 heteroatoms. The maximum absolute atomic E-state index is 11.6. The van der Waals surface area contributed by atoms with E-state index in [4.69, 9.17) is 0 Å². The summed E-state index contributed by atoms with van der Waals surface area (Å²) in [5.41, 5.74) is 2.15. The topological polar surface area (TPSA) is 66.5 Å². The smallest absolute Gasteiger partial charge is 0.269 e. The van der Waals surface area contributed by atoms with Crippen molar-refractivity contribution in [2.45, 2.75) is 13.8 Å². The van der Waals surface area contributed by atoms with Crippen LogP contribution < -0.4 is 10.2 Å². The highest BCUT2D eigenvalue weighted by atomic mass is 79.9. The second-order valence-electron chi connectivity index (χ2n) is 3.81. The summed E-state index contributed by atoms with van der Waals surface area (Å²) < 4.78 is 0.605. The standard InChI is InChI=1S/C11H9BrN2O3/c1-5-3-6(2)8(7(12)4-5)14-10(16)9(15)13-11(14)17/h3-4H,1-2H3,(H,13,15,17). The van der Waals surface area contributed by atoms with Crippen LogP contribution in [0.2, 0.25) is 0 Å². The van der Waals surface area contributed by atoms with Gasteiger partial charge in [0.1, 0.15) is 0 Å². The van der Waals surface area contributed by atoms with E-state index in [9.17, 15) is 14.4 Å². The lowest BCUT2D eigenvalue weighted by Crippen LogP contribution is -2.31. The molecule has 1 N–H and O–H groups in total. The molecule has 5 nitrogen and oxygen atoms in total. The lowest BCUT2D eigenvalue weighted by Gasteiger charge is -2.16. The minimum absolute atomic E-state index is 0.406. The third-order valence-corrected chi connectivity index (χ3v) is 3.05. The number of nitrogens with zero attached hydrogens (tertiary/aromatic N) is 1. The fourth-order valence-corrected chi connectivity index (χ4v) is 2.65. The van der Waals surface area contributed by atoms with E-state index >= 15 is 0 Å². The number of carbonyl (C=O) groups excluding carboxylic acids is 3. The van der Waals surface area contributed by atoms with Crippen molar-refractivity contribution in [3.8, 4) is 0 Å². The molecule has 1 aliphatic heterocycles. The first-order valence-electron chi connectivity index (χ1n) is 4.88. The van der Waals surface area contributed by atoms with Gasteiger partial charge in [0.15, 0.2) is 0 Å². The Morgan fingerprint density at radius 3 is 2.29 bits per heavy atom. The van der Waals surface area contributed by atoms with Crippen LogP contribution in [0.1, 0.15) is 11.1 Å². The average molecular weight is 297 g/mol. The number of halogens is 1. The molecule has 1 heterocycles. The summed E-state index contributed by atoms with van der Waals surface area (Å²) in [5, 5.41) is 1.96. The quantitative estimate of drug-likeness (QED) is 0.633. The zero-order valence-electron chi connectivity index (χ0n) is 9.20. The zero-order chi connectivity index (χ0) is 12.7. The van der Waals surface area contributed by atoms with E-state index in [0.717, 1.165) is 16.0 Å². The van der Waals surface area contributed by atoms with Crippen LogP contribution in [-0.2, 0) is 9.59 Å². The van der Waals surface area contributed by atoms with Gasteiger partial charge in [-0.2, -0.15) is 0 Å². The van der Waals surface area contributed by atoms with Crippen molar-refractivity contribution in [2.75, 3.05) is 4.90 Å². The fourth-order valence-electron chi connectivity index (χ4n) is 1.79. The molecule has 0 bridgehead atoms. The van der Waals surface area contributed by atoms with E-state index in [1.54, 1.807) is 13.0 Å². The number of hydrogen-bond acceptors (Lipinski definition) is 3. The Morgan fingerprint density at radius 1 is 1.18 bits per heavy atom. The normalized spacial score (nSPS) is 15.5. The zero-order valence-corrected chi connectivity index (χ0v) is 10.8. The van der Waals surface area contributed by atoms with E-state index in [0.29, 0.717) is 10.2 Å². The molecule has 0 aliphatic carbocycles. The summed E-state index contributed by atoms with van der Waals surface area (Å²) in [6.07, 6.45) is 0. The number of carbonyl (C=O) groups is 3. The minimum Gasteiger partial charge on any atom is -0.269 e. The molecule has 0 unspecified atom stereocenters. The summed E-state index contributed by atoms with van der Waals surface area (Å²) in [6.45, 7) is 3.68. The van der Waals surface area contributed by atoms with Gasteiger partial charge in [-0.1, -0.05) is 6.07 Å². The highest BCUT2D eigenvalue weighted by Gasteiger charge is 2.39. The molecule has 0 aromatic heterocycles. The van der Waals surface area contributed by atoms with E-state index in [1.807, 2.05) is 18.3 Å². The largest absolute Gasteiger partial charge is 0.336 e. The molecule has 1 aromatic carbocycles. The molecule has 0 spiro atoms. The van der Waals surface area contributed by atoms with E-state index in [-0.39, 0.29) is 0 Å². The van der Waals surface area contributed by atoms with Crippen LogP contribution in [0.4, 0.5) is 10.5 Å². The first-order chi connectivity index (χ1) is 7.91. The predicted molar refractivity (Wildman–Crippen MR) is 64.6 cm³/mol. The molecule has 1 aromatic rings. The van der Waals surface area contributed by atoms with Crippen molar-refractivity contribution in [1.82, 2.24) is 5.32 Å². The fraction of sp³-hybridized carbons (Fsp3) is 0.182. The lowest BCUT2D eigenvalue weighted by atomic mass is 10.1. The third-order valence-electron chi connectivity index (χ3n) is 2.44. The number of aryl methyl sites for hydroxylation is 2. The van der Waals surface area contributed by atoms with E-state index < -0.39 is 17.8 Å². The van der Waals surface area contributed by atoms with E-state index in [1.165, 1.54) is 0 Å². The molecule has 0 saturated carbocycles. The minimum atomic E-state index is -0.901. The van der Waals surface area contributed by atoms with Gasteiger partial charge in [0.05, 0.1) is 5.69 Å². The molecule has 1 saturated heterocycles. The van der Waals surface area contributed by atoms with Crippen molar-refractivity contribution in [3.05, 3.63) is 27.7 Å². The number of imide groups is 2. The maximum atomic E-state index is 11.6. The Hall–Kier alpha value is -1.69. The molecular weight excluding hydrogens is 288 g/mol. The highest BCUT2D eigenvalue weighted by Crippen LogP contribution is 2.32. The number of amides is 4. The average Bonchev–Trinajstić information content (AvgIpc) is 2.43. The third kappa shape index (κ3) is 1.84. The number of benzene rings is 1. The molecule has 17 heavy (non-hydrogen) atoms. The van der Waals surface area contributed by atoms with Gasteiger partial charge in [-0.3, -0.25) is 14.9 Å². The molecule has 2 rings (SSSR count). The van der Waals surface area contributed by atoms with Crippen LogP contribution in [0.3, 0.4) is 0 Å². The lowest BCUT2D eigenvalue weighted by molar-refractivity contribution is -0.134. The first-order valence-corrected chi connectivity index (χ1v) is 5.67. The molecule has 88 valence electrons. The van der Waals surface area contributed by atoms with Gasteiger partial charge in [0, 0.05) is 4.47 Å². The number of rotatable bonds is 1. The van der Waals surface area contributed by atoms with Crippen molar-refractivity contribution in [1.29, 1.82) is 0 Å². The molecule has 1 fully saturated rings. The van der Waals surface area contributed by atoms with Crippen LogP contribution in [-0.4, -0.2) is 17.8 Å². The number of hydrogen-bond donors (Lipinski definition) is 1. The van der Waals surface area contributed by atoms with Crippen molar-refractivity contribution in [2.24, 2.45) is 0 Å². The summed E-state index contributed by atoms with van der Waals surface area (Å²) in [6, 6.07) is 2.91. The highest BCUT2D eigenvalue weighted by molar-refractivity contribution is 9.10. The van der Waals surface area contributed by atoms with Crippen LogP contribution in [0, 0.1) is 13.8 Å². The van der Waals surface area contributed by atoms with Gasteiger partial charge >= 0.3 is 17.8 Å². The monoisotopic (exact) mass is 296 g/mol. The molecule has 0 atom stereocenters. The molecular formula is C11H9BrN2O3. The summed E-state index contributed by atoms with van der Waals surface area (Å²) in [4.78, 5) is 35.1. The van der Waals surface area contributed by atoms with Gasteiger partial charge in [0.2, 0.25) is 0 Å². The number of nitrogens with one attached hydrogen (secondary N) is 1.